The van der Waals surface area contributed by atoms with E-state index < -0.39 is 0 Å². The Hall–Kier alpha value is -8.55. The van der Waals surface area contributed by atoms with E-state index in [2.05, 4.69) is 298 Å². The van der Waals surface area contributed by atoms with Crippen LogP contribution in [0, 0.1) is 0 Å². The molecule has 0 saturated carbocycles. The third kappa shape index (κ3) is 7.71. The number of hydrogen-bond donors (Lipinski definition) is 1. The summed E-state index contributed by atoms with van der Waals surface area (Å²) in [5.41, 5.74) is 26.0. The summed E-state index contributed by atoms with van der Waals surface area (Å²) in [5, 5.41) is 6.36. The number of nitrogens with one attached hydrogen (secondary N) is 1. The Morgan fingerprint density at radius 2 is 0.854 bits per heavy atom. The van der Waals surface area contributed by atoms with Crippen molar-refractivity contribution in [2.24, 2.45) is 0 Å². The van der Waals surface area contributed by atoms with Crippen LogP contribution >= 0.6 is 23.5 Å². The van der Waals surface area contributed by atoms with Gasteiger partial charge < -0.3 is 19.7 Å². The molecule has 5 heterocycles. The van der Waals surface area contributed by atoms with Crippen LogP contribution < -0.4 is 47.9 Å². The molecule has 4 aliphatic heterocycles. The number of rotatable bonds is 6. The van der Waals surface area contributed by atoms with Gasteiger partial charge in [-0.2, -0.15) is 0 Å². The molecule has 0 unspecified atom stereocenters. The van der Waals surface area contributed by atoms with E-state index in [0.717, 1.165) is 28.4 Å². The molecule has 82 heavy (non-hydrogen) atoms. The van der Waals surface area contributed by atoms with Crippen LogP contribution in [0.5, 0.6) is 0 Å². The zero-order valence-electron chi connectivity index (χ0n) is 46.8. The third-order valence-electron chi connectivity index (χ3n) is 17.5. The van der Waals surface area contributed by atoms with Gasteiger partial charge in [0.2, 0.25) is 13.4 Å². The minimum Gasteiger partial charge on any atom is -0.355 e. The summed E-state index contributed by atoms with van der Waals surface area (Å²) in [6.45, 7) is 14.0. The molecule has 0 spiro atoms. The lowest BCUT2D eigenvalue weighted by Gasteiger charge is -2.43. The highest BCUT2D eigenvalue weighted by Crippen LogP contribution is 2.49. The fraction of sp³-hybridized carbons (Fsp3) is 0.108. The van der Waals surface area contributed by atoms with E-state index in [4.69, 9.17) is 0 Å². The van der Waals surface area contributed by atoms with Gasteiger partial charge in [-0.05, 0) is 134 Å². The van der Waals surface area contributed by atoms with Crippen LogP contribution in [0.4, 0.5) is 45.5 Å². The highest BCUT2D eigenvalue weighted by atomic mass is 32.2. The molecule has 0 fully saturated rings. The molecule has 4 nitrogen and oxygen atoms in total. The second kappa shape index (κ2) is 18.5. The fourth-order valence-electron chi connectivity index (χ4n) is 13.6. The molecule has 1 aromatic heterocycles. The molecule has 11 aromatic carbocycles. The summed E-state index contributed by atoms with van der Waals surface area (Å²) in [6, 6.07) is 89.3. The van der Waals surface area contributed by atoms with Crippen molar-refractivity contribution in [3.8, 4) is 16.8 Å². The van der Waals surface area contributed by atoms with Crippen molar-refractivity contribution >= 4 is 137 Å². The molecule has 0 atom stereocenters. The summed E-state index contributed by atoms with van der Waals surface area (Å²) in [6.07, 6.45) is 0. The topological polar surface area (TPSA) is 23.4 Å². The summed E-state index contributed by atoms with van der Waals surface area (Å²) in [5.74, 6) is 0. The first-order valence-electron chi connectivity index (χ1n) is 28.7. The van der Waals surface area contributed by atoms with Gasteiger partial charge in [0, 0.05) is 81.4 Å². The van der Waals surface area contributed by atoms with Crippen molar-refractivity contribution in [1.29, 1.82) is 0 Å². The zero-order chi connectivity index (χ0) is 55.2. The molecular weight excluding hydrogens is 1030 g/mol. The van der Waals surface area contributed by atoms with Crippen molar-refractivity contribution in [1.82, 2.24) is 4.57 Å². The molecule has 0 amide bonds. The molecular formula is C74H58B2N4S2. The standard InChI is InChI=1S/C74H58B2N4S2/c1-73(2,3)47-34-36-54-55-37-35-48(74(4,5)6)39-64(55)79(63(54)38-47)52-42-66-72-70(43-52)82-68-45-67-58(44-59(68)76(72)57-30-18-21-33-62(57)80(66)60-31-19-16-28-53(60)46-22-10-7-11-23-46)75-56-29-17-20-32-61(56)78(51-26-14-9-15-27-51)65-40-50(41-69(81-67)71(65)75)77-49-24-12-8-13-25-49/h7-45,77H,1-6H3. The molecule has 0 bridgehead atoms. The molecule has 12 aromatic rings. The van der Waals surface area contributed by atoms with E-state index in [1.165, 1.54) is 119 Å². The predicted molar refractivity (Wildman–Crippen MR) is 353 cm³/mol. The average Bonchev–Trinajstić information content (AvgIpc) is 3.59. The van der Waals surface area contributed by atoms with Gasteiger partial charge >= 0.3 is 0 Å². The van der Waals surface area contributed by atoms with Crippen molar-refractivity contribution in [2.75, 3.05) is 15.1 Å². The first-order chi connectivity index (χ1) is 39.9. The predicted octanol–water partition coefficient (Wildman–Crippen LogP) is 16.3. The first kappa shape index (κ1) is 49.3. The van der Waals surface area contributed by atoms with Crippen molar-refractivity contribution in [3.63, 3.8) is 0 Å². The van der Waals surface area contributed by atoms with Crippen LogP contribution in [0.25, 0.3) is 38.6 Å². The molecule has 4 aliphatic rings. The van der Waals surface area contributed by atoms with Gasteiger partial charge in [-0.25, -0.2) is 0 Å². The lowest BCUT2D eigenvalue weighted by molar-refractivity contribution is 0.591. The van der Waals surface area contributed by atoms with Gasteiger partial charge in [-0.1, -0.05) is 228 Å². The van der Waals surface area contributed by atoms with Crippen LogP contribution in [0.1, 0.15) is 52.7 Å². The first-order valence-corrected chi connectivity index (χ1v) is 30.3. The summed E-state index contributed by atoms with van der Waals surface area (Å²) in [7, 11) is 0. The quantitative estimate of drug-likeness (QED) is 0.167. The summed E-state index contributed by atoms with van der Waals surface area (Å²) >= 11 is 3.88. The smallest absolute Gasteiger partial charge is 0.249 e. The normalized spacial score (nSPS) is 13.8. The lowest BCUT2D eigenvalue weighted by Crippen LogP contribution is -2.63. The van der Waals surface area contributed by atoms with Crippen LogP contribution in [0.3, 0.4) is 0 Å². The number of fused-ring (bicyclic) bond motifs is 11. The highest BCUT2D eigenvalue weighted by Gasteiger charge is 2.46. The molecule has 392 valence electrons. The second-order valence-corrected chi connectivity index (χ2v) is 26.7. The molecule has 0 saturated heterocycles. The third-order valence-corrected chi connectivity index (χ3v) is 19.8. The Morgan fingerprint density at radius 3 is 1.45 bits per heavy atom. The minimum absolute atomic E-state index is 0.0149. The van der Waals surface area contributed by atoms with E-state index in [-0.39, 0.29) is 24.3 Å². The van der Waals surface area contributed by atoms with E-state index in [0.29, 0.717) is 0 Å². The number of anilines is 8. The maximum atomic E-state index is 3.82. The summed E-state index contributed by atoms with van der Waals surface area (Å²) in [4.78, 5) is 10.3. The zero-order valence-corrected chi connectivity index (χ0v) is 48.5. The monoisotopic (exact) mass is 1090 g/mol. The van der Waals surface area contributed by atoms with Gasteiger partial charge in [0.05, 0.1) is 16.7 Å². The van der Waals surface area contributed by atoms with Crippen molar-refractivity contribution in [2.45, 2.75) is 72.0 Å². The SMILES string of the molecule is CC(C)(C)c1ccc2c3ccc(C(C)(C)C)cc3n(-c3cc4c5c(c3)N(c3ccccc3-c3ccccc3)c3ccccc3B5c3cc5c(cc3S4)Sc3cc(Nc4ccccc4)cc4c3B5c3ccccc3N4c3ccccc3)c2c1. The Bertz CT molecular complexity index is 4530. The van der Waals surface area contributed by atoms with Crippen LogP contribution in [-0.4, -0.2) is 18.0 Å². The van der Waals surface area contributed by atoms with E-state index in [9.17, 15) is 0 Å². The average molecular weight is 1090 g/mol. The Kier molecular flexibility index (Phi) is 11.1. The van der Waals surface area contributed by atoms with Gasteiger partial charge in [-0.3, -0.25) is 0 Å². The lowest BCUT2D eigenvalue weighted by atomic mass is 9.32. The van der Waals surface area contributed by atoms with E-state index in [1.54, 1.807) is 0 Å². The molecule has 0 aliphatic carbocycles. The van der Waals surface area contributed by atoms with Gasteiger partial charge in [0.15, 0.2) is 0 Å². The molecule has 8 heteroatoms. The number of hydrogen-bond acceptors (Lipinski definition) is 5. The number of benzene rings is 11. The molecule has 1 N–H and O–H groups in total. The Morgan fingerprint density at radius 1 is 0.354 bits per heavy atom. The van der Waals surface area contributed by atoms with E-state index >= 15 is 0 Å². The van der Waals surface area contributed by atoms with Crippen LogP contribution in [-0.2, 0) is 10.8 Å². The summed E-state index contributed by atoms with van der Waals surface area (Å²) < 4.78 is 2.59. The van der Waals surface area contributed by atoms with Crippen molar-refractivity contribution in [3.05, 3.63) is 248 Å². The molecule has 0 radical (unpaired) electrons. The Labute approximate surface area is 490 Å². The second-order valence-electron chi connectivity index (χ2n) is 24.6. The Balaban J connectivity index is 0.957. The van der Waals surface area contributed by atoms with Gasteiger partial charge in [0.25, 0.3) is 0 Å². The minimum atomic E-state index is -0.0392. The molecule has 16 rings (SSSR count). The maximum Gasteiger partial charge on any atom is 0.249 e. The fourth-order valence-corrected chi connectivity index (χ4v) is 16.2. The largest absolute Gasteiger partial charge is 0.355 e. The number of nitrogens with zero attached hydrogens (tertiary/aromatic N) is 3. The van der Waals surface area contributed by atoms with Gasteiger partial charge in [0.1, 0.15) is 0 Å². The van der Waals surface area contributed by atoms with Gasteiger partial charge in [-0.15, -0.1) is 0 Å². The maximum absolute atomic E-state index is 3.82. The van der Waals surface area contributed by atoms with Crippen molar-refractivity contribution < 1.29 is 0 Å². The van der Waals surface area contributed by atoms with Crippen LogP contribution in [0.2, 0.25) is 0 Å². The number of aromatic nitrogens is 1. The highest BCUT2D eigenvalue weighted by molar-refractivity contribution is 8.01. The van der Waals surface area contributed by atoms with E-state index in [1.807, 2.05) is 23.5 Å². The number of para-hydroxylation sites is 5. The van der Waals surface area contributed by atoms with Crippen LogP contribution in [0.15, 0.2) is 256 Å².